The van der Waals surface area contributed by atoms with Gasteiger partial charge in [-0.05, 0) is 6.08 Å². The molecule has 28 heavy (non-hydrogen) atoms. The van der Waals surface area contributed by atoms with E-state index < -0.39 is 41.3 Å². The molecule has 10 nitrogen and oxygen atoms in total. The number of carbonyl (C=O) groups excluding carboxylic acids is 2. The Hall–Kier alpha value is -2.81. The number of thioether (sulfide) groups is 1. The lowest BCUT2D eigenvalue weighted by Crippen LogP contribution is -2.70. The maximum absolute atomic E-state index is 12.4. The Bertz CT molecular complexity index is 899. The number of hydrogen-bond donors (Lipinski definition) is 3. The van der Waals surface area contributed by atoms with Crippen LogP contribution >= 0.6 is 23.1 Å². The van der Waals surface area contributed by atoms with E-state index in [2.05, 4.69) is 20.3 Å². The van der Waals surface area contributed by atoms with Gasteiger partial charge in [-0.2, -0.15) is 0 Å². The van der Waals surface area contributed by atoms with E-state index in [1.807, 2.05) is 0 Å². The zero-order chi connectivity index (χ0) is 20.6. The van der Waals surface area contributed by atoms with Gasteiger partial charge in [-0.25, -0.2) is 9.78 Å². The molecule has 2 atom stereocenters. The lowest BCUT2D eigenvalue weighted by atomic mass is 10.0. The van der Waals surface area contributed by atoms with Crippen molar-refractivity contribution >= 4 is 51.7 Å². The Kier molecular flexibility index (Phi) is 5.20. The molecule has 0 spiro atoms. The number of carboxylic acid groups (broad SMARTS) is 1. The molecule has 3 rings (SSSR count). The molecule has 1 unspecified atom stereocenters. The van der Waals surface area contributed by atoms with Crippen LogP contribution in [0.5, 0.6) is 0 Å². The van der Waals surface area contributed by atoms with Crippen molar-refractivity contribution < 1.29 is 37.5 Å². The fraction of sp³-hybridized carbons (Fsp3) is 0.308. The first-order valence-electron chi connectivity index (χ1n) is 7.32. The second kappa shape index (κ2) is 7.31. The van der Waals surface area contributed by atoms with Gasteiger partial charge in [-0.3, -0.25) is 19.3 Å². The molecule has 0 radical (unpaired) electrons. The number of fused-ring (bicyclic) bond motifs is 1. The van der Waals surface area contributed by atoms with Gasteiger partial charge in [-0.1, -0.05) is 5.16 Å². The van der Waals surface area contributed by atoms with Crippen LogP contribution in [0.3, 0.4) is 0 Å². The summed E-state index contributed by atoms with van der Waals surface area (Å²) in [7, 11) is 0. The largest absolute Gasteiger partial charge is 0.593 e. The molecule has 3 heterocycles. The lowest BCUT2D eigenvalue weighted by Gasteiger charge is -2.48. The van der Waals surface area contributed by atoms with Crippen LogP contribution in [0.1, 0.15) is 5.69 Å². The Morgan fingerprint density at radius 1 is 1.46 bits per heavy atom. The van der Waals surface area contributed by atoms with Crippen molar-refractivity contribution in [2.45, 2.75) is 17.8 Å². The molecule has 2 aliphatic rings. The molecular weight excluding hydrogens is 427 g/mol. The number of nitrogens with two attached hydrogens (primary N) is 1. The zero-order valence-electron chi connectivity index (χ0n) is 13.5. The van der Waals surface area contributed by atoms with Gasteiger partial charge >= 0.3 is 12.3 Å². The van der Waals surface area contributed by atoms with Crippen LogP contribution in [0.15, 0.2) is 22.3 Å². The van der Waals surface area contributed by atoms with Crippen molar-refractivity contribution in [2.75, 3.05) is 11.5 Å². The number of thiazole rings is 1. The Morgan fingerprint density at radius 3 is 2.75 bits per heavy atom. The monoisotopic (exact) mass is 437 g/mol. The molecule has 2 amide bonds. The van der Waals surface area contributed by atoms with Gasteiger partial charge in [0.05, 0.1) is 0 Å². The first kappa shape index (κ1) is 19.9. The highest BCUT2D eigenvalue weighted by molar-refractivity contribution is 8.00. The molecule has 2 aliphatic heterocycles. The first-order valence-corrected chi connectivity index (χ1v) is 9.24. The molecule has 150 valence electrons. The summed E-state index contributed by atoms with van der Waals surface area (Å²) in [5, 5.41) is 14.6. The fourth-order valence-electron chi connectivity index (χ4n) is 2.45. The lowest BCUT2D eigenvalue weighted by molar-refractivity contribution is -0.325. The predicted molar refractivity (Wildman–Crippen MR) is 90.9 cm³/mol. The molecule has 0 aliphatic carbocycles. The van der Waals surface area contributed by atoms with E-state index in [1.165, 1.54) is 23.2 Å². The van der Waals surface area contributed by atoms with E-state index in [-0.39, 0.29) is 22.3 Å². The number of β-lactam (4-membered cyclic amide) rings is 1. The van der Waals surface area contributed by atoms with Gasteiger partial charge in [0.25, 0.3) is 11.8 Å². The summed E-state index contributed by atoms with van der Waals surface area (Å²) < 4.78 is 36.9. The summed E-state index contributed by atoms with van der Waals surface area (Å²) in [5.41, 5.74) is 4.10. The SMILES string of the molecule is Nc1nc(C(=NOC(F)(F)F)C(=O)NC2C(=O)N3C(C(=O)O)=CCS[C@H]23)cs1. The van der Waals surface area contributed by atoms with Crippen LogP contribution in [0.2, 0.25) is 0 Å². The average molecular weight is 437 g/mol. The van der Waals surface area contributed by atoms with Crippen LogP contribution in [0.4, 0.5) is 18.3 Å². The normalized spacial score (nSPS) is 22.1. The fourth-order valence-corrected chi connectivity index (χ4v) is 4.19. The number of halogens is 3. The summed E-state index contributed by atoms with van der Waals surface area (Å²) >= 11 is 2.04. The third-order valence-electron chi connectivity index (χ3n) is 3.57. The van der Waals surface area contributed by atoms with Crippen LogP contribution in [0.25, 0.3) is 0 Å². The molecule has 1 aromatic heterocycles. The summed E-state index contributed by atoms with van der Waals surface area (Å²) in [4.78, 5) is 43.9. The number of aromatic nitrogens is 1. The Balaban J connectivity index is 1.79. The number of carbonyl (C=O) groups is 3. The number of anilines is 1. The van der Waals surface area contributed by atoms with Gasteiger partial charge in [0.15, 0.2) is 10.8 Å². The van der Waals surface area contributed by atoms with E-state index in [1.54, 1.807) is 0 Å². The van der Waals surface area contributed by atoms with Crippen molar-refractivity contribution in [3.05, 3.63) is 22.8 Å². The highest BCUT2D eigenvalue weighted by Gasteiger charge is 2.53. The number of carboxylic acids is 1. The molecule has 0 aromatic carbocycles. The highest BCUT2D eigenvalue weighted by Crippen LogP contribution is 2.37. The number of amides is 2. The minimum absolute atomic E-state index is 0.0209. The molecule has 1 aromatic rings. The highest BCUT2D eigenvalue weighted by atomic mass is 32.2. The van der Waals surface area contributed by atoms with Crippen LogP contribution in [-0.4, -0.2) is 62.0 Å². The molecule has 0 bridgehead atoms. The van der Waals surface area contributed by atoms with E-state index in [0.717, 1.165) is 16.2 Å². The second-order valence-electron chi connectivity index (χ2n) is 5.33. The molecule has 4 N–H and O–H groups in total. The third kappa shape index (κ3) is 3.89. The van der Waals surface area contributed by atoms with Crippen molar-refractivity contribution in [3.63, 3.8) is 0 Å². The van der Waals surface area contributed by atoms with Gasteiger partial charge in [0.1, 0.15) is 22.8 Å². The number of oxime groups is 1. The maximum Gasteiger partial charge on any atom is 0.593 e. The van der Waals surface area contributed by atoms with Gasteiger partial charge in [0.2, 0.25) is 0 Å². The summed E-state index contributed by atoms with van der Waals surface area (Å²) in [5.74, 6) is -2.89. The van der Waals surface area contributed by atoms with Crippen molar-refractivity contribution in [1.29, 1.82) is 0 Å². The van der Waals surface area contributed by atoms with Crippen LogP contribution in [0, 0.1) is 0 Å². The molecule has 0 saturated carbocycles. The van der Waals surface area contributed by atoms with Gasteiger partial charge < -0.3 is 16.2 Å². The van der Waals surface area contributed by atoms with E-state index >= 15 is 0 Å². The van der Waals surface area contributed by atoms with Crippen molar-refractivity contribution in [1.82, 2.24) is 15.2 Å². The number of aliphatic carboxylic acids is 1. The van der Waals surface area contributed by atoms with Crippen molar-refractivity contribution in [2.24, 2.45) is 5.16 Å². The Morgan fingerprint density at radius 2 is 2.18 bits per heavy atom. The van der Waals surface area contributed by atoms with E-state index in [9.17, 15) is 27.6 Å². The van der Waals surface area contributed by atoms with E-state index in [0.29, 0.717) is 0 Å². The third-order valence-corrected chi connectivity index (χ3v) is 5.43. The standard InChI is InChI=1S/C13H10F3N5O5S2/c14-13(15,16)26-20-6(4-3-28-12(17)18-4)8(22)19-7-9(23)21-5(11(24)25)1-2-27-10(7)21/h1,3,7,10H,2H2,(H2,17,18)(H,19,22)(H,24,25)/t7?,10-/m1/s1. The van der Waals surface area contributed by atoms with Crippen LogP contribution in [-0.2, 0) is 19.2 Å². The molecule has 1 fully saturated rings. The smallest absolute Gasteiger partial charge is 0.477 e. The van der Waals surface area contributed by atoms with Crippen LogP contribution < -0.4 is 11.1 Å². The average Bonchev–Trinajstić information content (AvgIpc) is 3.03. The van der Waals surface area contributed by atoms with Gasteiger partial charge in [0, 0.05) is 11.1 Å². The zero-order valence-corrected chi connectivity index (χ0v) is 15.1. The number of rotatable bonds is 5. The number of alkyl halides is 3. The molecule has 15 heteroatoms. The number of nitrogens with one attached hydrogen (secondary N) is 1. The maximum atomic E-state index is 12.4. The minimum Gasteiger partial charge on any atom is -0.477 e. The Labute approximate surface area is 162 Å². The predicted octanol–water partition coefficient (Wildman–Crippen LogP) is 0.334. The van der Waals surface area contributed by atoms with Crippen molar-refractivity contribution in [3.8, 4) is 0 Å². The number of hydrogen-bond acceptors (Lipinski definition) is 9. The first-order chi connectivity index (χ1) is 13.1. The summed E-state index contributed by atoms with van der Waals surface area (Å²) in [6.07, 6.45) is -3.79. The van der Waals surface area contributed by atoms with Gasteiger partial charge in [-0.15, -0.1) is 36.3 Å². The summed E-state index contributed by atoms with van der Waals surface area (Å²) in [6, 6.07) is -1.15. The van der Waals surface area contributed by atoms with E-state index in [4.69, 9.17) is 10.8 Å². The number of nitrogens with zero attached hydrogens (tertiary/aromatic N) is 3. The quantitative estimate of drug-likeness (QED) is 0.339. The topological polar surface area (TPSA) is 147 Å². The molecule has 1 saturated heterocycles. The molecular formula is C13H10F3N5O5S2. The minimum atomic E-state index is -5.14. The summed E-state index contributed by atoms with van der Waals surface area (Å²) in [6.45, 7) is 0. The number of nitrogen functional groups attached to an aromatic ring is 1. The second-order valence-corrected chi connectivity index (χ2v) is 7.37.